The molecule has 0 saturated carbocycles. The summed E-state index contributed by atoms with van der Waals surface area (Å²) in [6, 6.07) is 6.53. The predicted molar refractivity (Wildman–Crippen MR) is 66.8 cm³/mol. The van der Waals surface area contributed by atoms with Crippen molar-refractivity contribution in [3.8, 4) is 5.75 Å². The van der Waals surface area contributed by atoms with Gasteiger partial charge in [0.05, 0.1) is 0 Å². The van der Waals surface area contributed by atoms with E-state index in [2.05, 4.69) is 18.2 Å². The number of hydrogen-bond donors (Lipinski definition) is 1. The summed E-state index contributed by atoms with van der Waals surface area (Å²) in [6.07, 6.45) is 5.11. The van der Waals surface area contributed by atoms with Crippen molar-refractivity contribution in [1.29, 1.82) is 0 Å². The smallest absolute Gasteiger partial charge is 0.120 e. The summed E-state index contributed by atoms with van der Waals surface area (Å²) in [5.41, 5.74) is 8.75. The summed E-state index contributed by atoms with van der Waals surface area (Å²) in [7, 11) is 0. The van der Waals surface area contributed by atoms with Crippen molar-refractivity contribution < 1.29 is 4.74 Å². The van der Waals surface area contributed by atoms with Crippen LogP contribution in [0.5, 0.6) is 5.75 Å². The predicted octanol–water partition coefficient (Wildman–Crippen LogP) is 2.68. The number of rotatable bonds is 3. The van der Waals surface area contributed by atoms with Crippen molar-refractivity contribution in [1.82, 2.24) is 0 Å². The van der Waals surface area contributed by atoms with E-state index in [1.165, 1.54) is 36.8 Å². The van der Waals surface area contributed by atoms with E-state index in [9.17, 15) is 0 Å². The molecule has 0 saturated heterocycles. The fraction of sp³-hybridized carbons (Fsp3) is 0.571. The zero-order valence-corrected chi connectivity index (χ0v) is 10.2. The first-order valence-corrected chi connectivity index (χ1v) is 6.21. The summed E-state index contributed by atoms with van der Waals surface area (Å²) in [4.78, 5) is 0. The van der Waals surface area contributed by atoms with Crippen LogP contribution >= 0.6 is 0 Å². The molecule has 88 valence electrons. The monoisotopic (exact) mass is 219 g/mol. The number of hydrogen-bond acceptors (Lipinski definition) is 2. The molecule has 1 unspecified atom stereocenters. The number of ether oxygens (including phenoxy) is 1. The molecule has 0 spiro atoms. The summed E-state index contributed by atoms with van der Waals surface area (Å²) in [6.45, 7) is 3.99. The van der Waals surface area contributed by atoms with Crippen LogP contribution in [0.2, 0.25) is 0 Å². The average Bonchev–Trinajstić information content (AvgIpc) is 2.28. The van der Waals surface area contributed by atoms with Crippen LogP contribution in [0.4, 0.5) is 0 Å². The molecule has 0 heterocycles. The van der Waals surface area contributed by atoms with Gasteiger partial charge in [-0.15, -0.1) is 0 Å². The van der Waals surface area contributed by atoms with Gasteiger partial charge < -0.3 is 10.5 Å². The Balaban J connectivity index is 2.11. The van der Waals surface area contributed by atoms with Gasteiger partial charge in [-0.2, -0.15) is 0 Å². The highest BCUT2D eigenvalue weighted by Gasteiger charge is 2.12. The van der Waals surface area contributed by atoms with Crippen molar-refractivity contribution in [2.45, 2.75) is 51.7 Å². The van der Waals surface area contributed by atoms with Gasteiger partial charge in [0.2, 0.25) is 0 Å². The molecule has 1 aromatic rings. The second-order valence-electron chi connectivity index (χ2n) is 4.82. The minimum Gasteiger partial charge on any atom is -0.489 e. The minimum absolute atomic E-state index is 0.0658. The Morgan fingerprint density at radius 2 is 1.81 bits per heavy atom. The SMILES string of the molecule is CC(Oc1ccc2c(c1)CCCC2)[C@H](C)N. The first-order valence-electron chi connectivity index (χ1n) is 6.21. The fourth-order valence-electron chi connectivity index (χ4n) is 2.11. The maximum Gasteiger partial charge on any atom is 0.120 e. The van der Waals surface area contributed by atoms with Crippen LogP contribution in [-0.2, 0) is 12.8 Å². The highest BCUT2D eigenvalue weighted by molar-refractivity contribution is 5.37. The Hall–Kier alpha value is -1.02. The molecule has 1 aromatic carbocycles. The molecule has 0 aromatic heterocycles. The van der Waals surface area contributed by atoms with Crippen LogP contribution in [-0.4, -0.2) is 12.1 Å². The third-order valence-electron chi connectivity index (χ3n) is 3.38. The van der Waals surface area contributed by atoms with Crippen LogP contribution < -0.4 is 10.5 Å². The molecule has 0 fully saturated rings. The molecule has 2 heteroatoms. The van der Waals surface area contributed by atoms with Crippen LogP contribution in [0.25, 0.3) is 0 Å². The number of nitrogens with two attached hydrogens (primary N) is 1. The van der Waals surface area contributed by atoms with Gasteiger partial charge in [-0.05, 0) is 62.8 Å². The fourth-order valence-corrected chi connectivity index (χ4v) is 2.11. The molecule has 2 rings (SSSR count). The second kappa shape index (κ2) is 4.88. The molecule has 2 atom stereocenters. The van der Waals surface area contributed by atoms with Gasteiger partial charge >= 0.3 is 0 Å². The van der Waals surface area contributed by atoms with E-state index in [4.69, 9.17) is 10.5 Å². The summed E-state index contributed by atoms with van der Waals surface area (Å²) in [5.74, 6) is 0.963. The molecular formula is C14H21NO. The lowest BCUT2D eigenvalue weighted by molar-refractivity contribution is 0.196. The first kappa shape index (κ1) is 11.5. The molecule has 0 aliphatic heterocycles. The normalized spacial score (nSPS) is 18.7. The minimum atomic E-state index is 0.0658. The second-order valence-corrected chi connectivity index (χ2v) is 4.82. The Kier molecular flexibility index (Phi) is 3.49. The van der Waals surface area contributed by atoms with Crippen molar-refractivity contribution in [2.24, 2.45) is 5.73 Å². The van der Waals surface area contributed by atoms with Gasteiger partial charge in [-0.1, -0.05) is 6.07 Å². The van der Waals surface area contributed by atoms with Crippen LogP contribution in [0, 0.1) is 0 Å². The lowest BCUT2D eigenvalue weighted by Crippen LogP contribution is -2.33. The van der Waals surface area contributed by atoms with E-state index in [1.807, 2.05) is 13.8 Å². The Labute approximate surface area is 97.8 Å². The van der Waals surface area contributed by atoms with E-state index < -0.39 is 0 Å². The van der Waals surface area contributed by atoms with Gasteiger partial charge in [-0.25, -0.2) is 0 Å². The van der Waals surface area contributed by atoms with Crippen LogP contribution in [0.15, 0.2) is 18.2 Å². The lowest BCUT2D eigenvalue weighted by atomic mass is 9.92. The zero-order chi connectivity index (χ0) is 11.5. The van der Waals surface area contributed by atoms with Crippen molar-refractivity contribution in [3.63, 3.8) is 0 Å². The maximum atomic E-state index is 5.82. The third kappa shape index (κ3) is 2.56. The van der Waals surface area contributed by atoms with Gasteiger partial charge in [0.1, 0.15) is 11.9 Å². The Bertz CT molecular complexity index is 360. The van der Waals surface area contributed by atoms with Crippen molar-refractivity contribution in [3.05, 3.63) is 29.3 Å². The van der Waals surface area contributed by atoms with E-state index in [0.717, 1.165) is 5.75 Å². The van der Waals surface area contributed by atoms with Gasteiger partial charge in [0.25, 0.3) is 0 Å². The van der Waals surface area contributed by atoms with E-state index in [-0.39, 0.29) is 12.1 Å². The lowest BCUT2D eigenvalue weighted by Gasteiger charge is -2.21. The first-order chi connectivity index (χ1) is 7.66. The van der Waals surface area contributed by atoms with E-state index >= 15 is 0 Å². The highest BCUT2D eigenvalue weighted by Crippen LogP contribution is 2.25. The standard InChI is InChI=1S/C14H21NO/c1-10(15)11(2)16-14-8-7-12-5-3-4-6-13(12)9-14/h7-11H,3-6,15H2,1-2H3/t10-,11?/m0/s1. The molecule has 16 heavy (non-hydrogen) atoms. The molecule has 1 aliphatic carbocycles. The summed E-state index contributed by atoms with van der Waals surface area (Å²) < 4.78 is 5.82. The zero-order valence-electron chi connectivity index (χ0n) is 10.2. The largest absolute Gasteiger partial charge is 0.489 e. The molecule has 1 aliphatic rings. The van der Waals surface area contributed by atoms with Crippen LogP contribution in [0.3, 0.4) is 0 Å². The van der Waals surface area contributed by atoms with Crippen molar-refractivity contribution >= 4 is 0 Å². The quantitative estimate of drug-likeness (QED) is 0.848. The van der Waals surface area contributed by atoms with E-state index in [1.54, 1.807) is 0 Å². The average molecular weight is 219 g/mol. The van der Waals surface area contributed by atoms with Gasteiger partial charge in [-0.3, -0.25) is 0 Å². The van der Waals surface area contributed by atoms with Gasteiger partial charge in [0.15, 0.2) is 0 Å². The Morgan fingerprint density at radius 3 is 2.50 bits per heavy atom. The third-order valence-corrected chi connectivity index (χ3v) is 3.38. The number of aryl methyl sites for hydroxylation is 2. The molecule has 0 amide bonds. The Morgan fingerprint density at radius 1 is 1.12 bits per heavy atom. The number of benzene rings is 1. The van der Waals surface area contributed by atoms with E-state index in [0.29, 0.717) is 0 Å². The van der Waals surface area contributed by atoms with Crippen molar-refractivity contribution in [2.75, 3.05) is 0 Å². The molecule has 2 N–H and O–H groups in total. The molecular weight excluding hydrogens is 198 g/mol. The highest BCUT2D eigenvalue weighted by atomic mass is 16.5. The van der Waals surface area contributed by atoms with Gasteiger partial charge in [0, 0.05) is 6.04 Å². The molecule has 0 radical (unpaired) electrons. The topological polar surface area (TPSA) is 35.2 Å². The number of fused-ring (bicyclic) bond motifs is 1. The van der Waals surface area contributed by atoms with Crippen LogP contribution in [0.1, 0.15) is 37.8 Å². The maximum absolute atomic E-state index is 5.82. The summed E-state index contributed by atoms with van der Waals surface area (Å²) in [5, 5.41) is 0. The molecule has 2 nitrogen and oxygen atoms in total. The molecule has 0 bridgehead atoms. The summed E-state index contributed by atoms with van der Waals surface area (Å²) >= 11 is 0.